The standard InChI is InChI=1S/C19H19NO4/c1-13-7-9-16(11-14(13)2)20-18(21)12-24-17-6-4-3-5-15(17)8-10-19(22)23/h3-11H,12H2,1-2H3,(H,20,21)(H,22,23)/b10-8+. The molecule has 0 aliphatic heterocycles. The number of para-hydroxylation sites is 1. The maximum Gasteiger partial charge on any atom is 0.328 e. The van der Waals surface area contributed by atoms with Crippen LogP contribution in [0.15, 0.2) is 48.5 Å². The maximum absolute atomic E-state index is 12.0. The number of benzene rings is 2. The number of nitrogens with one attached hydrogen (secondary N) is 1. The highest BCUT2D eigenvalue weighted by Crippen LogP contribution is 2.19. The van der Waals surface area contributed by atoms with Crippen molar-refractivity contribution >= 4 is 23.6 Å². The van der Waals surface area contributed by atoms with Gasteiger partial charge in [0.25, 0.3) is 5.91 Å². The maximum atomic E-state index is 12.0. The van der Waals surface area contributed by atoms with Crippen molar-refractivity contribution in [1.29, 1.82) is 0 Å². The van der Waals surface area contributed by atoms with Crippen LogP contribution in [-0.4, -0.2) is 23.6 Å². The van der Waals surface area contributed by atoms with Crippen LogP contribution in [0.5, 0.6) is 5.75 Å². The Morgan fingerprint density at radius 3 is 2.58 bits per heavy atom. The summed E-state index contributed by atoms with van der Waals surface area (Å²) in [5.41, 5.74) is 3.56. The second kappa shape index (κ2) is 7.97. The monoisotopic (exact) mass is 325 g/mol. The summed E-state index contributed by atoms with van der Waals surface area (Å²) in [6, 6.07) is 12.6. The lowest BCUT2D eigenvalue weighted by molar-refractivity contribution is -0.131. The predicted octanol–water partition coefficient (Wildman–Crippen LogP) is 3.42. The third kappa shape index (κ3) is 4.98. The molecule has 5 heteroatoms. The molecule has 24 heavy (non-hydrogen) atoms. The normalized spacial score (nSPS) is 10.6. The average Bonchev–Trinajstić information content (AvgIpc) is 2.55. The number of aliphatic carboxylic acids is 1. The van der Waals surface area contributed by atoms with E-state index in [1.807, 2.05) is 32.0 Å². The highest BCUT2D eigenvalue weighted by molar-refractivity contribution is 5.92. The minimum atomic E-state index is -1.04. The van der Waals surface area contributed by atoms with Crippen LogP contribution in [0.2, 0.25) is 0 Å². The van der Waals surface area contributed by atoms with E-state index in [1.54, 1.807) is 24.3 Å². The van der Waals surface area contributed by atoms with E-state index in [-0.39, 0.29) is 12.5 Å². The first-order valence-corrected chi connectivity index (χ1v) is 7.45. The molecule has 124 valence electrons. The minimum absolute atomic E-state index is 0.162. The van der Waals surface area contributed by atoms with Crippen molar-refractivity contribution in [3.8, 4) is 5.75 Å². The van der Waals surface area contributed by atoms with E-state index in [9.17, 15) is 9.59 Å². The molecule has 0 atom stereocenters. The minimum Gasteiger partial charge on any atom is -0.483 e. The van der Waals surface area contributed by atoms with Gasteiger partial charge >= 0.3 is 5.97 Å². The lowest BCUT2D eigenvalue weighted by Crippen LogP contribution is -2.20. The number of anilines is 1. The van der Waals surface area contributed by atoms with Gasteiger partial charge in [0.05, 0.1) is 0 Å². The van der Waals surface area contributed by atoms with Crippen LogP contribution in [0.1, 0.15) is 16.7 Å². The fraction of sp³-hybridized carbons (Fsp3) is 0.158. The van der Waals surface area contributed by atoms with E-state index in [2.05, 4.69) is 5.32 Å². The van der Waals surface area contributed by atoms with Crippen molar-refractivity contribution in [2.75, 3.05) is 11.9 Å². The predicted molar refractivity (Wildman–Crippen MR) is 93.2 cm³/mol. The first-order chi connectivity index (χ1) is 11.5. The SMILES string of the molecule is Cc1ccc(NC(=O)COc2ccccc2/C=C/C(=O)O)cc1C. The molecule has 0 saturated heterocycles. The summed E-state index contributed by atoms with van der Waals surface area (Å²) < 4.78 is 5.50. The number of carboxylic acids is 1. The van der Waals surface area contributed by atoms with Gasteiger partial charge < -0.3 is 15.2 Å². The van der Waals surface area contributed by atoms with Crippen molar-refractivity contribution in [1.82, 2.24) is 0 Å². The molecule has 1 amide bonds. The number of hydrogen-bond acceptors (Lipinski definition) is 3. The number of rotatable bonds is 6. The molecule has 0 spiro atoms. The van der Waals surface area contributed by atoms with Crippen molar-refractivity contribution in [3.05, 3.63) is 65.2 Å². The van der Waals surface area contributed by atoms with Crippen LogP contribution in [0.25, 0.3) is 6.08 Å². The van der Waals surface area contributed by atoms with Crippen LogP contribution < -0.4 is 10.1 Å². The molecule has 0 fully saturated rings. The van der Waals surface area contributed by atoms with Crippen molar-refractivity contribution in [2.45, 2.75) is 13.8 Å². The summed E-state index contributed by atoms with van der Waals surface area (Å²) in [5, 5.41) is 11.5. The van der Waals surface area contributed by atoms with E-state index in [0.29, 0.717) is 17.0 Å². The number of carboxylic acid groups (broad SMARTS) is 1. The van der Waals surface area contributed by atoms with Crippen LogP contribution in [0, 0.1) is 13.8 Å². The summed E-state index contributed by atoms with van der Waals surface area (Å²) in [6.07, 6.45) is 2.45. The molecule has 2 aromatic carbocycles. The summed E-state index contributed by atoms with van der Waals surface area (Å²) in [7, 11) is 0. The summed E-state index contributed by atoms with van der Waals surface area (Å²) in [6.45, 7) is 3.82. The number of aryl methyl sites for hydroxylation is 2. The first-order valence-electron chi connectivity index (χ1n) is 7.45. The number of carbonyl (C=O) groups is 2. The van der Waals surface area contributed by atoms with E-state index in [0.717, 1.165) is 17.2 Å². The molecule has 5 nitrogen and oxygen atoms in total. The quantitative estimate of drug-likeness (QED) is 0.798. The molecule has 0 aromatic heterocycles. The van der Waals surface area contributed by atoms with E-state index in [4.69, 9.17) is 9.84 Å². The van der Waals surface area contributed by atoms with Gasteiger partial charge in [-0.3, -0.25) is 4.79 Å². The molecule has 2 aromatic rings. The Balaban J connectivity index is 1.99. The largest absolute Gasteiger partial charge is 0.483 e. The van der Waals surface area contributed by atoms with Gasteiger partial charge in [-0.2, -0.15) is 0 Å². The zero-order chi connectivity index (χ0) is 17.5. The van der Waals surface area contributed by atoms with E-state index < -0.39 is 5.97 Å². The topological polar surface area (TPSA) is 75.6 Å². The van der Waals surface area contributed by atoms with Crippen LogP contribution in [0.3, 0.4) is 0 Å². The van der Waals surface area contributed by atoms with Crippen LogP contribution in [0.4, 0.5) is 5.69 Å². The highest BCUT2D eigenvalue weighted by atomic mass is 16.5. The Kier molecular flexibility index (Phi) is 5.73. The molecule has 0 heterocycles. The molecule has 2 rings (SSSR count). The molecule has 0 aliphatic rings. The number of amides is 1. The lowest BCUT2D eigenvalue weighted by atomic mass is 10.1. The molecule has 0 unspecified atom stereocenters. The van der Waals surface area contributed by atoms with Crippen molar-refractivity contribution < 1.29 is 19.4 Å². The van der Waals surface area contributed by atoms with Gasteiger partial charge in [0.15, 0.2) is 6.61 Å². The zero-order valence-electron chi connectivity index (χ0n) is 13.6. The van der Waals surface area contributed by atoms with Gasteiger partial charge in [-0.1, -0.05) is 24.3 Å². The Hall–Kier alpha value is -3.08. The van der Waals surface area contributed by atoms with Gasteiger partial charge in [-0.25, -0.2) is 4.79 Å². The fourth-order valence-corrected chi connectivity index (χ4v) is 2.07. The Bertz CT molecular complexity index is 781. The smallest absolute Gasteiger partial charge is 0.328 e. The molecular weight excluding hydrogens is 306 g/mol. The number of carbonyl (C=O) groups excluding carboxylic acids is 1. The van der Waals surface area contributed by atoms with Crippen LogP contribution >= 0.6 is 0 Å². The van der Waals surface area contributed by atoms with Gasteiger partial charge in [0, 0.05) is 17.3 Å². The third-order valence-electron chi connectivity index (χ3n) is 3.47. The summed E-state index contributed by atoms with van der Waals surface area (Å²) >= 11 is 0. The van der Waals surface area contributed by atoms with Gasteiger partial charge in [0.1, 0.15) is 5.75 Å². The first kappa shape index (κ1) is 17.3. The number of ether oxygens (including phenoxy) is 1. The van der Waals surface area contributed by atoms with Gasteiger partial charge in [-0.05, 0) is 49.2 Å². The number of hydrogen-bond donors (Lipinski definition) is 2. The Morgan fingerprint density at radius 2 is 1.88 bits per heavy atom. The average molecular weight is 325 g/mol. The lowest BCUT2D eigenvalue weighted by Gasteiger charge is -2.10. The summed E-state index contributed by atoms with van der Waals surface area (Å²) in [5.74, 6) is -0.877. The molecule has 2 N–H and O–H groups in total. The Morgan fingerprint density at radius 1 is 1.12 bits per heavy atom. The molecule has 0 bridgehead atoms. The van der Waals surface area contributed by atoms with Crippen molar-refractivity contribution in [2.24, 2.45) is 0 Å². The molecule has 0 radical (unpaired) electrons. The Labute approximate surface area is 140 Å². The second-order valence-electron chi connectivity index (χ2n) is 5.35. The second-order valence-corrected chi connectivity index (χ2v) is 5.35. The van der Waals surface area contributed by atoms with Gasteiger partial charge in [0.2, 0.25) is 0 Å². The summed E-state index contributed by atoms with van der Waals surface area (Å²) in [4.78, 5) is 22.6. The fourth-order valence-electron chi connectivity index (χ4n) is 2.07. The zero-order valence-corrected chi connectivity index (χ0v) is 13.6. The third-order valence-corrected chi connectivity index (χ3v) is 3.47. The van der Waals surface area contributed by atoms with Gasteiger partial charge in [-0.15, -0.1) is 0 Å². The van der Waals surface area contributed by atoms with E-state index >= 15 is 0 Å². The highest BCUT2D eigenvalue weighted by Gasteiger charge is 2.07. The van der Waals surface area contributed by atoms with E-state index in [1.165, 1.54) is 6.08 Å². The molecule has 0 aliphatic carbocycles. The van der Waals surface area contributed by atoms with Crippen LogP contribution in [-0.2, 0) is 9.59 Å². The van der Waals surface area contributed by atoms with Crippen molar-refractivity contribution in [3.63, 3.8) is 0 Å². The molecule has 0 saturated carbocycles. The molecular formula is C19H19NO4.